The first-order chi connectivity index (χ1) is 10.2. The van der Waals surface area contributed by atoms with Crippen molar-refractivity contribution in [3.8, 4) is 0 Å². The quantitative estimate of drug-likeness (QED) is 0.837. The van der Waals surface area contributed by atoms with Crippen LogP contribution in [0.5, 0.6) is 0 Å². The Bertz CT molecular complexity index is 536. The number of halogens is 1. The number of hydrogen-bond acceptors (Lipinski definition) is 4. The smallest absolute Gasteiger partial charge is 0.251 e. The van der Waals surface area contributed by atoms with Crippen LogP contribution in [0, 0.1) is 0 Å². The van der Waals surface area contributed by atoms with Gasteiger partial charge in [-0.2, -0.15) is 0 Å². The monoisotopic (exact) mass is 308 g/mol. The maximum atomic E-state index is 12.5. The van der Waals surface area contributed by atoms with Gasteiger partial charge in [0.15, 0.2) is 0 Å². The minimum Gasteiger partial charge on any atom is -0.370 e. The molecule has 1 aromatic heterocycles. The molecule has 0 radical (unpaired) electrons. The first kappa shape index (κ1) is 14.6. The number of anilines is 1. The number of pyridine rings is 1. The molecule has 2 unspecified atom stereocenters. The zero-order valence-electron chi connectivity index (χ0n) is 12.2. The Morgan fingerprint density at radius 3 is 3.10 bits per heavy atom. The molecule has 0 bridgehead atoms. The molecule has 114 valence electrons. The van der Waals surface area contributed by atoms with Gasteiger partial charge in [-0.25, -0.2) is 4.98 Å². The average molecular weight is 309 g/mol. The van der Waals surface area contributed by atoms with Crippen LogP contribution in [0.3, 0.4) is 0 Å². The minimum absolute atomic E-state index is 0.0581. The van der Waals surface area contributed by atoms with Crippen LogP contribution < -0.4 is 10.6 Å². The van der Waals surface area contributed by atoms with Gasteiger partial charge in [0.05, 0.1) is 0 Å². The maximum Gasteiger partial charge on any atom is 0.251 e. The third-order valence-electron chi connectivity index (χ3n) is 4.34. The minimum atomic E-state index is -0.0581. The standard InChI is InChI=1S/C15H21ClN4O/c1-2-17-14-9-10(8-13(16)19-14)15(21)18-11-5-7-20-6-3-4-12(11)20/h8-9,11-12H,2-7H2,1H3,(H,17,19)(H,18,21). The van der Waals surface area contributed by atoms with Crippen molar-refractivity contribution in [2.24, 2.45) is 0 Å². The van der Waals surface area contributed by atoms with Crippen molar-refractivity contribution in [1.82, 2.24) is 15.2 Å². The predicted octanol–water partition coefficient (Wildman–Crippen LogP) is 2.13. The number of nitrogens with zero attached hydrogens (tertiary/aromatic N) is 2. The van der Waals surface area contributed by atoms with E-state index in [2.05, 4.69) is 20.5 Å². The van der Waals surface area contributed by atoms with Crippen LogP contribution in [0.2, 0.25) is 5.15 Å². The van der Waals surface area contributed by atoms with Crippen LogP contribution in [0.4, 0.5) is 5.82 Å². The SMILES string of the molecule is CCNc1cc(C(=O)NC2CCN3CCCC23)cc(Cl)n1. The van der Waals surface area contributed by atoms with Crippen molar-refractivity contribution in [2.45, 2.75) is 38.3 Å². The summed E-state index contributed by atoms with van der Waals surface area (Å²) in [6.45, 7) is 4.99. The number of aromatic nitrogens is 1. The molecule has 0 aliphatic carbocycles. The van der Waals surface area contributed by atoms with Gasteiger partial charge in [0.1, 0.15) is 11.0 Å². The Hall–Kier alpha value is -1.33. The van der Waals surface area contributed by atoms with Crippen LogP contribution in [0.15, 0.2) is 12.1 Å². The van der Waals surface area contributed by atoms with E-state index in [4.69, 9.17) is 11.6 Å². The summed E-state index contributed by atoms with van der Waals surface area (Å²) in [7, 11) is 0. The first-order valence-corrected chi connectivity index (χ1v) is 8.01. The van der Waals surface area contributed by atoms with E-state index < -0.39 is 0 Å². The van der Waals surface area contributed by atoms with Gasteiger partial charge in [0, 0.05) is 30.7 Å². The predicted molar refractivity (Wildman–Crippen MR) is 83.9 cm³/mol. The summed E-state index contributed by atoms with van der Waals surface area (Å²) in [6, 6.07) is 4.15. The van der Waals surface area contributed by atoms with E-state index in [1.165, 1.54) is 19.4 Å². The topological polar surface area (TPSA) is 57.3 Å². The highest BCUT2D eigenvalue weighted by Crippen LogP contribution is 2.28. The molecule has 0 saturated carbocycles. The summed E-state index contributed by atoms with van der Waals surface area (Å²) in [4.78, 5) is 19.1. The number of nitrogens with one attached hydrogen (secondary N) is 2. The number of carbonyl (C=O) groups excluding carboxylic acids is 1. The van der Waals surface area contributed by atoms with Crippen molar-refractivity contribution < 1.29 is 4.79 Å². The lowest BCUT2D eigenvalue weighted by atomic mass is 10.1. The third kappa shape index (κ3) is 3.14. The Labute approximate surface area is 130 Å². The van der Waals surface area contributed by atoms with Gasteiger partial charge in [-0.1, -0.05) is 11.6 Å². The van der Waals surface area contributed by atoms with Crippen LogP contribution in [-0.4, -0.2) is 47.5 Å². The molecule has 0 spiro atoms. The van der Waals surface area contributed by atoms with E-state index in [0.717, 1.165) is 19.5 Å². The molecular formula is C15H21ClN4O. The summed E-state index contributed by atoms with van der Waals surface area (Å²) in [5, 5.41) is 6.60. The second-order valence-corrected chi connectivity index (χ2v) is 6.10. The number of amides is 1. The molecule has 3 rings (SSSR count). The molecule has 2 aliphatic heterocycles. The Morgan fingerprint density at radius 1 is 1.43 bits per heavy atom. The molecule has 6 heteroatoms. The fourth-order valence-corrected chi connectivity index (χ4v) is 3.61. The molecule has 3 heterocycles. The summed E-state index contributed by atoms with van der Waals surface area (Å²) in [5.41, 5.74) is 0.572. The van der Waals surface area contributed by atoms with Crippen molar-refractivity contribution >= 4 is 23.3 Å². The van der Waals surface area contributed by atoms with E-state index in [1.54, 1.807) is 12.1 Å². The van der Waals surface area contributed by atoms with Gasteiger partial charge in [-0.15, -0.1) is 0 Å². The molecule has 1 aromatic rings. The van der Waals surface area contributed by atoms with Crippen LogP contribution in [-0.2, 0) is 0 Å². The average Bonchev–Trinajstić information content (AvgIpc) is 3.03. The van der Waals surface area contributed by atoms with Crippen molar-refractivity contribution in [2.75, 3.05) is 25.0 Å². The first-order valence-electron chi connectivity index (χ1n) is 7.63. The third-order valence-corrected chi connectivity index (χ3v) is 4.53. The van der Waals surface area contributed by atoms with Gasteiger partial charge >= 0.3 is 0 Å². The van der Waals surface area contributed by atoms with Crippen LogP contribution in [0.1, 0.15) is 36.5 Å². The van der Waals surface area contributed by atoms with Crippen molar-refractivity contribution in [1.29, 1.82) is 0 Å². The fourth-order valence-electron chi connectivity index (χ4n) is 3.40. The second kappa shape index (κ2) is 6.20. The van der Waals surface area contributed by atoms with E-state index in [1.807, 2.05) is 6.92 Å². The van der Waals surface area contributed by atoms with Crippen LogP contribution >= 0.6 is 11.6 Å². The molecule has 2 saturated heterocycles. The summed E-state index contributed by atoms with van der Waals surface area (Å²) >= 11 is 6.00. The highest BCUT2D eigenvalue weighted by Gasteiger charge is 2.37. The largest absolute Gasteiger partial charge is 0.370 e. The van der Waals surface area contributed by atoms with E-state index in [-0.39, 0.29) is 11.9 Å². The van der Waals surface area contributed by atoms with Gasteiger partial charge in [-0.3, -0.25) is 9.69 Å². The highest BCUT2D eigenvalue weighted by molar-refractivity contribution is 6.29. The van der Waals surface area contributed by atoms with Gasteiger partial charge in [-0.05, 0) is 44.9 Å². The lowest BCUT2D eigenvalue weighted by Crippen LogP contribution is -2.42. The summed E-state index contributed by atoms with van der Waals surface area (Å²) < 4.78 is 0. The van der Waals surface area contributed by atoms with E-state index in [9.17, 15) is 4.79 Å². The van der Waals surface area contributed by atoms with E-state index in [0.29, 0.717) is 22.6 Å². The number of carbonyl (C=O) groups is 1. The number of hydrogen-bond donors (Lipinski definition) is 2. The van der Waals surface area contributed by atoms with Crippen LogP contribution in [0.25, 0.3) is 0 Å². The number of fused-ring (bicyclic) bond motifs is 1. The second-order valence-electron chi connectivity index (χ2n) is 5.71. The summed E-state index contributed by atoms with van der Waals surface area (Å²) in [5.74, 6) is 0.585. The lowest BCUT2D eigenvalue weighted by Gasteiger charge is -2.21. The van der Waals surface area contributed by atoms with Gasteiger partial charge in [0.25, 0.3) is 5.91 Å². The van der Waals surface area contributed by atoms with Gasteiger partial charge in [0.2, 0.25) is 0 Å². The maximum absolute atomic E-state index is 12.5. The Balaban J connectivity index is 1.70. The molecule has 21 heavy (non-hydrogen) atoms. The molecule has 2 atom stereocenters. The van der Waals surface area contributed by atoms with Crippen molar-refractivity contribution in [3.63, 3.8) is 0 Å². The molecule has 0 aromatic carbocycles. The Kier molecular flexibility index (Phi) is 4.31. The molecular weight excluding hydrogens is 288 g/mol. The van der Waals surface area contributed by atoms with E-state index >= 15 is 0 Å². The fraction of sp³-hybridized carbons (Fsp3) is 0.600. The molecule has 2 fully saturated rings. The molecule has 1 amide bonds. The lowest BCUT2D eigenvalue weighted by molar-refractivity contribution is 0.0929. The Morgan fingerprint density at radius 2 is 2.29 bits per heavy atom. The van der Waals surface area contributed by atoms with Gasteiger partial charge < -0.3 is 10.6 Å². The molecule has 2 aliphatic rings. The zero-order valence-corrected chi connectivity index (χ0v) is 13.0. The number of rotatable bonds is 4. The zero-order chi connectivity index (χ0) is 14.8. The molecule has 2 N–H and O–H groups in total. The highest BCUT2D eigenvalue weighted by atomic mass is 35.5. The summed E-state index contributed by atoms with van der Waals surface area (Å²) in [6.07, 6.45) is 3.46. The van der Waals surface area contributed by atoms with Crippen molar-refractivity contribution in [3.05, 3.63) is 22.8 Å². The normalized spacial score (nSPS) is 24.9. The molecule has 5 nitrogen and oxygen atoms in total.